The van der Waals surface area contributed by atoms with Crippen molar-refractivity contribution in [1.82, 2.24) is 5.32 Å². The van der Waals surface area contributed by atoms with Crippen LogP contribution in [0.2, 0.25) is 0 Å². The Morgan fingerprint density at radius 3 is 2.40 bits per heavy atom. The van der Waals surface area contributed by atoms with Gasteiger partial charge in [0.15, 0.2) is 0 Å². The molecule has 0 saturated heterocycles. The molecule has 0 bridgehead atoms. The molecule has 10 heavy (non-hydrogen) atoms. The van der Waals surface area contributed by atoms with E-state index in [0.29, 0.717) is 0 Å². The summed E-state index contributed by atoms with van der Waals surface area (Å²) in [7, 11) is 0. The number of rotatable bonds is 5. The van der Waals surface area contributed by atoms with Gasteiger partial charge in [0.2, 0.25) is 0 Å². The number of hydrogen-bond donors (Lipinski definition) is 2. The molecule has 0 unspecified atom stereocenters. The molecular weight excluding hydrogens is 171 g/mol. The summed E-state index contributed by atoms with van der Waals surface area (Å²) >= 11 is 0. The van der Waals surface area contributed by atoms with Crippen molar-refractivity contribution in [2.24, 2.45) is 5.73 Å². The van der Waals surface area contributed by atoms with Gasteiger partial charge in [-0.3, -0.25) is 0 Å². The Bertz CT molecular complexity index is 59.7. The fraction of sp³-hybridized carbons (Fsp3) is 0.667. The van der Waals surface area contributed by atoms with Crippen LogP contribution in [0.5, 0.6) is 0 Å². The molecule has 0 saturated carbocycles. The second-order valence-electron chi connectivity index (χ2n) is 1.64. The van der Waals surface area contributed by atoms with E-state index in [4.69, 9.17) is 5.73 Å². The minimum Gasteiger partial charge on any atom is -0.330 e. The van der Waals surface area contributed by atoms with Crippen LogP contribution in [0, 0.1) is 0 Å². The van der Waals surface area contributed by atoms with Gasteiger partial charge in [-0.25, -0.2) is 0 Å². The number of nitrogens with one attached hydrogen (secondary N) is 1. The highest BCUT2D eigenvalue weighted by atomic mass is 35.5. The normalized spacial score (nSPS) is 7.30. The Hall–Kier alpha value is 0.240. The Labute approximate surface area is 75.1 Å². The Morgan fingerprint density at radius 1 is 1.40 bits per heavy atom. The maximum Gasteiger partial charge on any atom is 0.0132 e. The van der Waals surface area contributed by atoms with Gasteiger partial charge in [0.05, 0.1) is 0 Å². The van der Waals surface area contributed by atoms with E-state index in [0.717, 1.165) is 26.1 Å². The summed E-state index contributed by atoms with van der Waals surface area (Å²) in [6.07, 6.45) is 2.89. The van der Waals surface area contributed by atoms with Crippen LogP contribution in [0.15, 0.2) is 12.7 Å². The van der Waals surface area contributed by atoms with E-state index in [1.807, 2.05) is 6.08 Å². The lowest BCUT2D eigenvalue weighted by atomic mass is 10.4. The van der Waals surface area contributed by atoms with E-state index in [-0.39, 0.29) is 24.8 Å². The first-order chi connectivity index (χ1) is 3.91. The lowest BCUT2D eigenvalue weighted by Crippen LogP contribution is -2.17. The highest BCUT2D eigenvalue weighted by Crippen LogP contribution is 1.67. The van der Waals surface area contributed by atoms with E-state index in [9.17, 15) is 0 Å². The van der Waals surface area contributed by atoms with Gasteiger partial charge < -0.3 is 11.1 Å². The van der Waals surface area contributed by atoms with Crippen LogP contribution in [0.1, 0.15) is 6.42 Å². The molecule has 0 aliphatic rings. The van der Waals surface area contributed by atoms with Gasteiger partial charge in [0.25, 0.3) is 0 Å². The van der Waals surface area contributed by atoms with Crippen LogP contribution in [0.25, 0.3) is 0 Å². The molecular formula is C6H16Cl2N2. The molecule has 0 radical (unpaired) electrons. The molecule has 3 N–H and O–H groups in total. The third-order valence-corrected chi connectivity index (χ3v) is 0.846. The van der Waals surface area contributed by atoms with Crippen molar-refractivity contribution in [3.63, 3.8) is 0 Å². The van der Waals surface area contributed by atoms with Crippen molar-refractivity contribution in [2.75, 3.05) is 19.6 Å². The smallest absolute Gasteiger partial charge is 0.0132 e. The van der Waals surface area contributed by atoms with Crippen LogP contribution in [-0.4, -0.2) is 19.6 Å². The Morgan fingerprint density at radius 2 is 2.00 bits per heavy atom. The van der Waals surface area contributed by atoms with Gasteiger partial charge >= 0.3 is 0 Å². The topological polar surface area (TPSA) is 38.0 Å². The average Bonchev–Trinajstić information content (AvgIpc) is 1.81. The highest BCUT2D eigenvalue weighted by molar-refractivity contribution is 5.85. The third-order valence-electron chi connectivity index (χ3n) is 0.846. The molecule has 0 aromatic rings. The summed E-state index contributed by atoms with van der Waals surface area (Å²) in [5, 5.41) is 3.14. The fourth-order valence-electron chi connectivity index (χ4n) is 0.431. The van der Waals surface area contributed by atoms with Crippen LogP contribution in [0.4, 0.5) is 0 Å². The standard InChI is InChI=1S/C6H14N2.2ClH/c1-2-5-8-6-3-4-7;;/h2,8H,1,3-7H2;2*1H. The molecule has 0 spiro atoms. The van der Waals surface area contributed by atoms with Gasteiger partial charge in [-0.05, 0) is 19.5 Å². The minimum absolute atomic E-state index is 0. The summed E-state index contributed by atoms with van der Waals surface area (Å²) in [5.74, 6) is 0. The summed E-state index contributed by atoms with van der Waals surface area (Å²) in [6, 6.07) is 0. The number of hydrogen-bond acceptors (Lipinski definition) is 2. The van der Waals surface area contributed by atoms with Crippen molar-refractivity contribution in [3.05, 3.63) is 12.7 Å². The van der Waals surface area contributed by atoms with Crippen molar-refractivity contribution in [3.8, 4) is 0 Å². The molecule has 0 atom stereocenters. The molecule has 0 rings (SSSR count). The molecule has 0 aromatic carbocycles. The Kier molecular flexibility index (Phi) is 26.9. The van der Waals surface area contributed by atoms with Gasteiger partial charge in [0, 0.05) is 6.54 Å². The van der Waals surface area contributed by atoms with E-state index < -0.39 is 0 Å². The monoisotopic (exact) mass is 186 g/mol. The number of nitrogens with two attached hydrogens (primary N) is 1. The minimum atomic E-state index is 0. The molecule has 0 aliphatic carbocycles. The zero-order valence-electron chi connectivity index (χ0n) is 6.01. The molecule has 0 aliphatic heterocycles. The predicted molar refractivity (Wildman–Crippen MR) is 51.2 cm³/mol. The molecule has 4 heteroatoms. The molecule has 64 valence electrons. The highest BCUT2D eigenvalue weighted by Gasteiger charge is 1.78. The zero-order chi connectivity index (χ0) is 6.24. The SMILES string of the molecule is C=CCNCCCN.Cl.Cl. The second-order valence-corrected chi connectivity index (χ2v) is 1.64. The first kappa shape index (κ1) is 16.7. The summed E-state index contributed by atoms with van der Waals surface area (Å²) in [4.78, 5) is 0. The first-order valence-electron chi connectivity index (χ1n) is 2.93. The third kappa shape index (κ3) is 15.7. The molecule has 0 aromatic heterocycles. The van der Waals surface area contributed by atoms with E-state index in [1.165, 1.54) is 0 Å². The lowest BCUT2D eigenvalue weighted by molar-refractivity contribution is 0.700. The quantitative estimate of drug-likeness (QED) is 0.496. The zero-order valence-corrected chi connectivity index (χ0v) is 7.64. The fourth-order valence-corrected chi connectivity index (χ4v) is 0.431. The maximum absolute atomic E-state index is 5.24. The van der Waals surface area contributed by atoms with Crippen molar-refractivity contribution >= 4 is 24.8 Å². The van der Waals surface area contributed by atoms with Gasteiger partial charge in [-0.1, -0.05) is 6.08 Å². The van der Waals surface area contributed by atoms with Crippen molar-refractivity contribution < 1.29 is 0 Å². The van der Waals surface area contributed by atoms with Crippen LogP contribution >= 0.6 is 24.8 Å². The van der Waals surface area contributed by atoms with Crippen molar-refractivity contribution in [1.29, 1.82) is 0 Å². The van der Waals surface area contributed by atoms with Crippen molar-refractivity contribution in [2.45, 2.75) is 6.42 Å². The van der Waals surface area contributed by atoms with E-state index in [1.54, 1.807) is 0 Å². The van der Waals surface area contributed by atoms with Crippen LogP contribution in [-0.2, 0) is 0 Å². The van der Waals surface area contributed by atoms with Gasteiger partial charge in [-0.2, -0.15) is 0 Å². The summed E-state index contributed by atoms with van der Waals surface area (Å²) in [6.45, 7) is 6.22. The number of halogens is 2. The Balaban J connectivity index is -0.000000245. The average molecular weight is 187 g/mol. The molecule has 2 nitrogen and oxygen atoms in total. The maximum atomic E-state index is 5.24. The summed E-state index contributed by atoms with van der Waals surface area (Å²) < 4.78 is 0. The second kappa shape index (κ2) is 16.1. The van der Waals surface area contributed by atoms with Gasteiger partial charge in [0.1, 0.15) is 0 Å². The predicted octanol–water partition coefficient (Wildman–Crippen LogP) is 0.954. The van der Waals surface area contributed by atoms with Gasteiger partial charge in [-0.15, -0.1) is 31.4 Å². The first-order valence-corrected chi connectivity index (χ1v) is 2.93. The van der Waals surface area contributed by atoms with Crippen LogP contribution < -0.4 is 11.1 Å². The largest absolute Gasteiger partial charge is 0.330 e. The molecule has 0 amide bonds. The van der Waals surface area contributed by atoms with E-state index >= 15 is 0 Å². The molecule has 0 heterocycles. The van der Waals surface area contributed by atoms with E-state index in [2.05, 4.69) is 11.9 Å². The lowest BCUT2D eigenvalue weighted by Gasteiger charge is -1.96. The van der Waals surface area contributed by atoms with Crippen LogP contribution in [0.3, 0.4) is 0 Å². The molecule has 0 fully saturated rings. The summed E-state index contributed by atoms with van der Waals surface area (Å²) in [5.41, 5.74) is 5.24.